The molecule has 2 fully saturated rings. The Bertz CT molecular complexity index is 881. The van der Waals surface area contributed by atoms with Gasteiger partial charge in [0.15, 0.2) is 0 Å². The number of nitrogens with zero attached hydrogens (tertiary/aromatic N) is 2. The molecule has 0 N–H and O–H groups in total. The van der Waals surface area contributed by atoms with E-state index in [9.17, 15) is 9.59 Å². The van der Waals surface area contributed by atoms with Crippen LogP contribution in [0.5, 0.6) is 5.75 Å². The SMILES string of the molecule is Cc1cc(O[C@@H]2CCN(C(=O)C3(c4cccs4)CCCC3)C2)cc(=O)n1C. The van der Waals surface area contributed by atoms with Crippen LogP contribution >= 0.6 is 11.3 Å². The third kappa shape index (κ3) is 3.31. The minimum Gasteiger partial charge on any atom is -0.488 e. The van der Waals surface area contributed by atoms with Crippen molar-refractivity contribution in [1.82, 2.24) is 9.47 Å². The number of carbonyl (C=O) groups excluding carboxylic acids is 1. The summed E-state index contributed by atoms with van der Waals surface area (Å²) >= 11 is 1.70. The maximum Gasteiger partial charge on any atom is 0.254 e. The van der Waals surface area contributed by atoms with Crippen LogP contribution in [0.1, 0.15) is 42.7 Å². The van der Waals surface area contributed by atoms with Crippen LogP contribution < -0.4 is 10.3 Å². The van der Waals surface area contributed by atoms with Crippen molar-refractivity contribution < 1.29 is 9.53 Å². The van der Waals surface area contributed by atoms with Crippen molar-refractivity contribution >= 4 is 17.2 Å². The molecule has 2 aromatic heterocycles. The van der Waals surface area contributed by atoms with E-state index in [4.69, 9.17) is 4.74 Å². The number of carbonyl (C=O) groups is 1. The topological polar surface area (TPSA) is 51.5 Å². The van der Waals surface area contributed by atoms with Crippen molar-refractivity contribution in [1.29, 1.82) is 0 Å². The third-order valence-corrected chi connectivity index (χ3v) is 7.14. The van der Waals surface area contributed by atoms with Crippen molar-refractivity contribution in [2.24, 2.45) is 7.05 Å². The second-order valence-corrected chi connectivity index (χ2v) is 8.72. The molecule has 1 saturated heterocycles. The zero-order chi connectivity index (χ0) is 19.0. The Labute approximate surface area is 163 Å². The van der Waals surface area contributed by atoms with Crippen LogP contribution in [-0.2, 0) is 17.3 Å². The lowest BCUT2D eigenvalue weighted by molar-refractivity contribution is -0.136. The number of aryl methyl sites for hydroxylation is 1. The number of rotatable bonds is 4. The molecule has 144 valence electrons. The lowest BCUT2D eigenvalue weighted by Gasteiger charge is -2.31. The lowest BCUT2D eigenvalue weighted by Crippen LogP contribution is -2.44. The van der Waals surface area contributed by atoms with Crippen LogP contribution in [0.3, 0.4) is 0 Å². The highest BCUT2D eigenvalue weighted by Crippen LogP contribution is 2.45. The molecule has 0 aromatic carbocycles. The number of hydrogen-bond acceptors (Lipinski definition) is 4. The fourth-order valence-corrected chi connectivity index (χ4v) is 5.38. The maximum atomic E-state index is 13.4. The Balaban J connectivity index is 1.48. The molecule has 1 amide bonds. The van der Waals surface area contributed by atoms with Gasteiger partial charge in [0.2, 0.25) is 5.91 Å². The molecule has 1 aliphatic heterocycles. The number of hydrogen-bond donors (Lipinski definition) is 0. The zero-order valence-corrected chi connectivity index (χ0v) is 16.8. The smallest absolute Gasteiger partial charge is 0.254 e. The summed E-state index contributed by atoms with van der Waals surface area (Å²) in [6.45, 7) is 3.21. The highest BCUT2D eigenvalue weighted by Gasteiger charge is 2.47. The first kappa shape index (κ1) is 18.3. The molecule has 4 rings (SSSR count). The molecule has 1 aliphatic carbocycles. The van der Waals surface area contributed by atoms with Gasteiger partial charge in [-0.3, -0.25) is 9.59 Å². The van der Waals surface area contributed by atoms with E-state index in [1.807, 2.05) is 24.0 Å². The van der Waals surface area contributed by atoms with Gasteiger partial charge in [-0.05, 0) is 37.3 Å². The number of likely N-dealkylation sites (tertiary alicyclic amines) is 1. The van der Waals surface area contributed by atoms with Gasteiger partial charge in [-0.25, -0.2) is 0 Å². The fraction of sp³-hybridized carbons (Fsp3) is 0.524. The molecule has 0 radical (unpaired) electrons. The second kappa shape index (κ2) is 7.15. The van der Waals surface area contributed by atoms with Crippen molar-refractivity contribution in [3.63, 3.8) is 0 Å². The molecule has 0 spiro atoms. The number of ether oxygens (including phenoxy) is 1. The molecule has 1 saturated carbocycles. The largest absolute Gasteiger partial charge is 0.488 e. The Kier molecular flexibility index (Phi) is 4.84. The van der Waals surface area contributed by atoms with Gasteiger partial charge in [-0.15, -0.1) is 11.3 Å². The summed E-state index contributed by atoms with van der Waals surface area (Å²) in [4.78, 5) is 28.6. The summed E-state index contributed by atoms with van der Waals surface area (Å²) in [6, 6.07) is 7.57. The van der Waals surface area contributed by atoms with Gasteiger partial charge in [-0.2, -0.15) is 0 Å². The van der Waals surface area contributed by atoms with E-state index < -0.39 is 0 Å². The van der Waals surface area contributed by atoms with Gasteiger partial charge >= 0.3 is 0 Å². The fourth-order valence-electron chi connectivity index (χ4n) is 4.40. The summed E-state index contributed by atoms with van der Waals surface area (Å²) in [5, 5.41) is 2.07. The minimum absolute atomic E-state index is 0.0535. The zero-order valence-electron chi connectivity index (χ0n) is 15.9. The van der Waals surface area contributed by atoms with E-state index in [0.29, 0.717) is 12.3 Å². The van der Waals surface area contributed by atoms with Crippen LogP contribution in [0.25, 0.3) is 0 Å². The summed E-state index contributed by atoms with van der Waals surface area (Å²) < 4.78 is 7.65. The second-order valence-electron chi connectivity index (χ2n) is 7.78. The van der Waals surface area contributed by atoms with Crippen molar-refractivity contribution in [2.75, 3.05) is 13.1 Å². The molecule has 6 heteroatoms. The third-order valence-electron chi connectivity index (χ3n) is 6.07. The van der Waals surface area contributed by atoms with Gasteiger partial charge < -0.3 is 14.2 Å². The highest BCUT2D eigenvalue weighted by molar-refractivity contribution is 7.10. The van der Waals surface area contributed by atoms with Crippen LogP contribution in [0.15, 0.2) is 34.4 Å². The van der Waals surface area contributed by atoms with E-state index in [-0.39, 0.29) is 23.0 Å². The van der Waals surface area contributed by atoms with E-state index in [0.717, 1.165) is 44.3 Å². The van der Waals surface area contributed by atoms with Gasteiger partial charge in [-0.1, -0.05) is 18.9 Å². The number of pyridine rings is 1. The van der Waals surface area contributed by atoms with E-state index >= 15 is 0 Å². The number of amides is 1. The summed E-state index contributed by atoms with van der Waals surface area (Å²) in [7, 11) is 1.75. The minimum atomic E-state index is -0.331. The van der Waals surface area contributed by atoms with Crippen LogP contribution in [-0.4, -0.2) is 34.6 Å². The van der Waals surface area contributed by atoms with Crippen LogP contribution in [0, 0.1) is 6.92 Å². The number of aromatic nitrogens is 1. The molecule has 0 bridgehead atoms. The van der Waals surface area contributed by atoms with Gasteiger partial charge in [0.1, 0.15) is 11.9 Å². The van der Waals surface area contributed by atoms with Crippen LogP contribution in [0.4, 0.5) is 0 Å². The summed E-state index contributed by atoms with van der Waals surface area (Å²) in [5.41, 5.74) is 0.465. The first-order chi connectivity index (χ1) is 13.0. The lowest BCUT2D eigenvalue weighted by atomic mass is 9.83. The molecular formula is C21H26N2O3S. The highest BCUT2D eigenvalue weighted by atomic mass is 32.1. The van der Waals surface area contributed by atoms with Crippen molar-refractivity contribution in [3.05, 3.63) is 50.6 Å². The van der Waals surface area contributed by atoms with E-state index in [2.05, 4.69) is 11.4 Å². The standard InChI is InChI=1S/C21H26N2O3S/c1-15-12-17(13-19(24)22(15)2)26-16-7-10-23(14-16)20(25)21(8-3-4-9-21)18-6-5-11-27-18/h5-6,11-13,16H,3-4,7-10,14H2,1-2H3/t16-/m1/s1. The predicted molar refractivity (Wildman–Crippen MR) is 106 cm³/mol. The van der Waals surface area contributed by atoms with Crippen LogP contribution in [0.2, 0.25) is 0 Å². The average molecular weight is 387 g/mol. The summed E-state index contributed by atoms with van der Waals surface area (Å²) in [5.74, 6) is 0.859. The Hall–Kier alpha value is -2.08. The van der Waals surface area contributed by atoms with Crippen molar-refractivity contribution in [3.8, 4) is 5.75 Å². The molecule has 2 aliphatic rings. The number of thiophene rings is 1. The van der Waals surface area contributed by atoms with Gasteiger partial charge in [0, 0.05) is 36.7 Å². The molecule has 27 heavy (non-hydrogen) atoms. The first-order valence-corrected chi connectivity index (χ1v) is 10.6. The summed E-state index contributed by atoms with van der Waals surface area (Å²) in [6.07, 6.45) is 4.88. The Morgan fingerprint density at radius 1 is 1.30 bits per heavy atom. The van der Waals surface area contributed by atoms with Gasteiger partial charge in [0.25, 0.3) is 5.56 Å². The predicted octanol–water partition coefficient (Wildman–Crippen LogP) is 3.25. The molecular weight excluding hydrogens is 360 g/mol. The van der Waals surface area contributed by atoms with Gasteiger partial charge in [0.05, 0.1) is 12.0 Å². The molecule has 2 aromatic rings. The first-order valence-electron chi connectivity index (χ1n) is 9.67. The molecule has 0 unspecified atom stereocenters. The van der Waals surface area contributed by atoms with E-state index in [1.54, 1.807) is 23.0 Å². The molecule has 1 atom stereocenters. The monoisotopic (exact) mass is 386 g/mol. The molecule has 5 nitrogen and oxygen atoms in total. The maximum absolute atomic E-state index is 13.4. The Morgan fingerprint density at radius 2 is 2.07 bits per heavy atom. The Morgan fingerprint density at radius 3 is 2.74 bits per heavy atom. The molecule has 3 heterocycles. The normalized spacial score (nSPS) is 21.6. The quantitative estimate of drug-likeness (QED) is 0.811. The van der Waals surface area contributed by atoms with Crippen molar-refractivity contribution in [2.45, 2.75) is 50.5 Å². The van der Waals surface area contributed by atoms with E-state index in [1.165, 1.54) is 10.9 Å². The average Bonchev–Trinajstić information content (AvgIpc) is 3.39.